The van der Waals surface area contributed by atoms with Crippen LogP contribution in [0.4, 0.5) is 11.4 Å². The molecule has 2 N–H and O–H groups in total. The smallest absolute Gasteiger partial charge is 0.261 e. The zero-order valence-corrected chi connectivity index (χ0v) is 16.7. The Hall–Kier alpha value is -2.71. The fourth-order valence-electron chi connectivity index (χ4n) is 2.36. The number of aromatic nitrogens is 1. The van der Waals surface area contributed by atoms with Crippen LogP contribution in [0.2, 0.25) is 0 Å². The molecular weight excluding hydrogens is 430 g/mol. The van der Waals surface area contributed by atoms with Crippen molar-refractivity contribution in [1.29, 1.82) is 0 Å². The fourth-order valence-corrected chi connectivity index (χ4v) is 3.96. The van der Waals surface area contributed by atoms with Crippen molar-refractivity contribution in [2.45, 2.75) is 11.8 Å². The SMILES string of the molecule is Cc1ccc(Br)c(NS(=O)(=O)c2cccc(C(=O)Nc3ccncc3)c2)c1. The second-order valence-corrected chi connectivity index (χ2v) is 8.34. The molecule has 3 aromatic rings. The van der Waals surface area contributed by atoms with E-state index in [1.165, 1.54) is 18.2 Å². The minimum Gasteiger partial charge on any atom is -0.322 e. The Labute approximate surface area is 165 Å². The van der Waals surface area contributed by atoms with Crippen LogP contribution in [0.3, 0.4) is 0 Å². The first-order chi connectivity index (χ1) is 12.8. The summed E-state index contributed by atoms with van der Waals surface area (Å²) in [5.41, 5.74) is 2.16. The first-order valence-corrected chi connectivity index (χ1v) is 10.2. The molecule has 0 unspecified atom stereocenters. The van der Waals surface area contributed by atoms with E-state index >= 15 is 0 Å². The van der Waals surface area contributed by atoms with Crippen LogP contribution in [0.5, 0.6) is 0 Å². The van der Waals surface area contributed by atoms with Gasteiger partial charge in [0.2, 0.25) is 0 Å². The first-order valence-electron chi connectivity index (χ1n) is 7.95. The van der Waals surface area contributed by atoms with Gasteiger partial charge in [-0.15, -0.1) is 0 Å². The average Bonchev–Trinajstić information content (AvgIpc) is 2.65. The number of aryl methyl sites for hydroxylation is 1. The molecule has 138 valence electrons. The maximum Gasteiger partial charge on any atom is 0.261 e. The summed E-state index contributed by atoms with van der Waals surface area (Å²) in [6.45, 7) is 1.87. The number of benzene rings is 2. The molecule has 0 bridgehead atoms. The number of anilines is 2. The number of hydrogen-bond acceptors (Lipinski definition) is 4. The fraction of sp³-hybridized carbons (Fsp3) is 0.0526. The molecule has 0 saturated carbocycles. The molecule has 0 aliphatic heterocycles. The number of carbonyl (C=O) groups excluding carboxylic acids is 1. The molecule has 0 aliphatic rings. The molecule has 27 heavy (non-hydrogen) atoms. The number of nitrogens with one attached hydrogen (secondary N) is 2. The van der Waals surface area contributed by atoms with E-state index in [1.54, 1.807) is 42.7 Å². The highest BCUT2D eigenvalue weighted by atomic mass is 79.9. The van der Waals surface area contributed by atoms with Gasteiger partial charge in [-0.1, -0.05) is 12.1 Å². The third-order valence-corrected chi connectivity index (χ3v) is 5.77. The number of sulfonamides is 1. The zero-order chi connectivity index (χ0) is 19.4. The van der Waals surface area contributed by atoms with Crippen molar-refractivity contribution >= 4 is 43.2 Å². The highest BCUT2D eigenvalue weighted by molar-refractivity contribution is 9.10. The Kier molecular flexibility index (Phi) is 5.57. The molecule has 6 nitrogen and oxygen atoms in total. The van der Waals surface area contributed by atoms with Gasteiger partial charge < -0.3 is 5.32 Å². The Balaban J connectivity index is 1.85. The number of carbonyl (C=O) groups is 1. The molecule has 0 saturated heterocycles. The highest BCUT2D eigenvalue weighted by Gasteiger charge is 2.18. The molecular formula is C19H16BrN3O3S. The Morgan fingerprint density at radius 1 is 1.04 bits per heavy atom. The van der Waals surface area contributed by atoms with E-state index in [4.69, 9.17) is 0 Å². The summed E-state index contributed by atoms with van der Waals surface area (Å²) in [5, 5.41) is 2.70. The number of nitrogens with zero attached hydrogens (tertiary/aromatic N) is 1. The minimum atomic E-state index is -3.85. The standard InChI is InChI=1S/C19H16BrN3O3S/c1-13-5-6-17(20)18(11-13)23-27(25,26)16-4-2-3-14(12-16)19(24)22-15-7-9-21-10-8-15/h2-12,23H,1H3,(H,21,22,24). The molecule has 0 spiro atoms. The van der Waals surface area contributed by atoms with Gasteiger partial charge in [-0.25, -0.2) is 8.42 Å². The molecule has 3 rings (SSSR count). The van der Waals surface area contributed by atoms with Gasteiger partial charge in [0.05, 0.1) is 10.6 Å². The van der Waals surface area contributed by atoms with Gasteiger partial charge in [0.25, 0.3) is 15.9 Å². The van der Waals surface area contributed by atoms with Crippen molar-refractivity contribution in [2.75, 3.05) is 10.0 Å². The number of amides is 1. The highest BCUT2D eigenvalue weighted by Crippen LogP contribution is 2.26. The van der Waals surface area contributed by atoms with Crippen LogP contribution in [0, 0.1) is 6.92 Å². The summed E-state index contributed by atoms with van der Waals surface area (Å²) >= 11 is 3.33. The summed E-state index contributed by atoms with van der Waals surface area (Å²) in [5.74, 6) is -0.407. The first kappa shape index (κ1) is 19.1. The quantitative estimate of drug-likeness (QED) is 0.615. The van der Waals surface area contributed by atoms with E-state index in [2.05, 4.69) is 31.0 Å². The maximum atomic E-state index is 12.7. The van der Waals surface area contributed by atoms with Crippen LogP contribution >= 0.6 is 15.9 Å². The number of halogens is 1. The van der Waals surface area contributed by atoms with Crippen molar-refractivity contribution in [2.24, 2.45) is 0 Å². The normalized spacial score (nSPS) is 11.0. The lowest BCUT2D eigenvalue weighted by Gasteiger charge is -2.12. The monoisotopic (exact) mass is 445 g/mol. The Bertz CT molecular complexity index is 1090. The van der Waals surface area contributed by atoms with E-state index in [0.29, 0.717) is 15.8 Å². The van der Waals surface area contributed by atoms with Gasteiger partial charge in [-0.3, -0.25) is 14.5 Å². The molecule has 1 heterocycles. The van der Waals surface area contributed by atoms with Gasteiger partial charge in [0.1, 0.15) is 0 Å². The van der Waals surface area contributed by atoms with Crippen LogP contribution in [-0.4, -0.2) is 19.3 Å². The Morgan fingerprint density at radius 3 is 2.52 bits per heavy atom. The number of hydrogen-bond donors (Lipinski definition) is 2. The van der Waals surface area contributed by atoms with Crippen LogP contribution in [-0.2, 0) is 10.0 Å². The average molecular weight is 446 g/mol. The molecule has 0 fully saturated rings. The molecule has 2 aromatic carbocycles. The summed E-state index contributed by atoms with van der Waals surface area (Å²) in [6, 6.07) is 14.5. The van der Waals surface area contributed by atoms with Crippen LogP contribution < -0.4 is 10.0 Å². The second-order valence-electron chi connectivity index (χ2n) is 5.81. The number of rotatable bonds is 5. The van der Waals surface area contributed by atoms with Crippen molar-refractivity contribution in [3.8, 4) is 0 Å². The molecule has 8 heteroatoms. The molecule has 0 radical (unpaired) electrons. The van der Waals surface area contributed by atoms with Gasteiger partial charge in [-0.2, -0.15) is 0 Å². The maximum absolute atomic E-state index is 12.7. The third-order valence-electron chi connectivity index (χ3n) is 3.71. The van der Waals surface area contributed by atoms with Crippen molar-refractivity contribution in [3.05, 3.63) is 82.6 Å². The molecule has 0 aliphatic carbocycles. The zero-order valence-electron chi connectivity index (χ0n) is 14.3. The van der Waals surface area contributed by atoms with Crippen molar-refractivity contribution in [1.82, 2.24) is 4.98 Å². The largest absolute Gasteiger partial charge is 0.322 e. The van der Waals surface area contributed by atoms with Crippen molar-refractivity contribution < 1.29 is 13.2 Å². The minimum absolute atomic E-state index is 0.00159. The lowest BCUT2D eigenvalue weighted by atomic mass is 10.2. The summed E-state index contributed by atoms with van der Waals surface area (Å²) in [4.78, 5) is 16.3. The molecule has 1 amide bonds. The lowest BCUT2D eigenvalue weighted by Crippen LogP contribution is -2.16. The van der Waals surface area contributed by atoms with Gasteiger partial charge >= 0.3 is 0 Å². The molecule has 0 atom stereocenters. The third kappa shape index (κ3) is 4.72. The van der Waals surface area contributed by atoms with Gasteiger partial charge in [-0.05, 0) is 70.9 Å². The van der Waals surface area contributed by atoms with Crippen LogP contribution in [0.15, 0.2) is 76.4 Å². The summed E-state index contributed by atoms with van der Waals surface area (Å²) in [7, 11) is -3.85. The molecule has 1 aromatic heterocycles. The Morgan fingerprint density at radius 2 is 1.78 bits per heavy atom. The van der Waals surface area contributed by atoms with Gasteiger partial charge in [0.15, 0.2) is 0 Å². The van der Waals surface area contributed by atoms with E-state index in [-0.39, 0.29) is 10.5 Å². The van der Waals surface area contributed by atoms with E-state index in [0.717, 1.165) is 5.56 Å². The lowest BCUT2D eigenvalue weighted by molar-refractivity contribution is 0.102. The predicted molar refractivity (Wildman–Crippen MR) is 108 cm³/mol. The van der Waals surface area contributed by atoms with Crippen LogP contribution in [0.1, 0.15) is 15.9 Å². The number of pyridine rings is 1. The second kappa shape index (κ2) is 7.89. The summed E-state index contributed by atoms with van der Waals surface area (Å²) in [6.07, 6.45) is 3.11. The van der Waals surface area contributed by atoms with Gasteiger partial charge in [0, 0.05) is 28.1 Å². The predicted octanol–water partition coefficient (Wildman–Crippen LogP) is 4.21. The van der Waals surface area contributed by atoms with E-state index < -0.39 is 15.9 Å². The van der Waals surface area contributed by atoms with Crippen LogP contribution in [0.25, 0.3) is 0 Å². The van der Waals surface area contributed by atoms with E-state index in [9.17, 15) is 13.2 Å². The topological polar surface area (TPSA) is 88.2 Å². The van der Waals surface area contributed by atoms with Crippen molar-refractivity contribution in [3.63, 3.8) is 0 Å². The van der Waals surface area contributed by atoms with E-state index in [1.807, 2.05) is 13.0 Å². The summed E-state index contributed by atoms with van der Waals surface area (Å²) < 4.78 is 28.6.